The summed E-state index contributed by atoms with van der Waals surface area (Å²) in [5.41, 5.74) is 0.627. The van der Waals surface area contributed by atoms with Gasteiger partial charge < -0.3 is 4.57 Å². The van der Waals surface area contributed by atoms with Crippen molar-refractivity contribution >= 4 is 27.7 Å². The zero-order valence-electron chi connectivity index (χ0n) is 8.38. The third-order valence-electron chi connectivity index (χ3n) is 1.94. The fourth-order valence-electron chi connectivity index (χ4n) is 1.12. The molecule has 0 fully saturated rings. The van der Waals surface area contributed by atoms with E-state index in [1.54, 1.807) is 12.4 Å². The predicted molar refractivity (Wildman–Crippen MR) is 64.0 cm³/mol. The highest BCUT2D eigenvalue weighted by Crippen LogP contribution is 2.29. The van der Waals surface area contributed by atoms with Crippen LogP contribution in [0.4, 0.5) is 0 Å². The molecule has 2 rings (SSSR count). The number of aryl methyl sites for hydroxylation is 1. The summed E-state index contributed by atoms with van der Waals surface area (Å²) < 4.78 is 2.64. The van der Waals surface area contributed by atoms with Crippen molar-refractivity contribution in [2.45, 2.75) is 10.1 Å². The van der Waals surface area contributed by atoms with E-state index in [4.69, 9.17) is 5.26 Å². The average molecular weight is 295 g/mol. The topological polar surface area (TPSA) is 54.5 Å². The minimum Gasteiger partial charge on any atom is -0.311 e. The van der Waals surface area contributed by atoms with Crippen molar-refractivity contribution in [3.8, 4) is 6.07 Å². The Morgan fingerprint density at radius 3 is 2.88 bits per heavy atom. The van der Waals surface area contributed by atoms with Gasteiger partial charge in [0.1, 0.15) is 12.4 Å². The first-order valence-corrected chi connectivity index (χ1v) is 6.03. The molecule has 0 spiro atoms. The van der Waals surface area contributed by atoms with E-state index in [0.717, 1.165) is 14.5 Å². The second kappa shape index (κ2) is 4.68. The molecular formula is C10H7BrN4S. The van der Waals surface area contributed by atoms with Gasteiger partial charge in [-0.05, 0) is 45.9 Å². The SMILES string of the molecule is Cn1cnnc1Sc1ccc(C#N)c(Br)c1. The molecule has 0 aliphatic heterocycles. The van der Waals surface area contributed by atoms with Crippen LogP contribution in [0.2, 0.25) is 0 Å². The number of hydrogen-bond acceptors (Lipinski definition) is 4. The van der Waals surface area contributed by atoms with Crippen molar-refractivity contribution in [2.75, 3.05) is 0 Å². The summed E-state index contributed by atoms with van der Waals surface area (Å²) in [5, 5.41) is 17.4. The highest BCUT2D eigenvalue weighted by Gasteiger charge is 2.05. The molecule has 0 amide bonds. The van der Waals surface area contributed by atoms with Gasteiger partial charge in [-0.25, -0.2) is 0 Å². The smallest absolute Gasteiger partial charge is 0.195 e. The Morgan fingerprint density at radius 1 is 1.50 bits per heavy atom. The van der Waals surface area contributed by atoms with Crippen LogP contribution >= 0.6 is 27.7 Å². The molecule has 0 unspecified atom stereocenters. The minimum absolute atomic E-state index is 0.627. The molecule has 1 aromatic heterocycles. The van der Waals surface area contributed by atoms with Gasteiger partial charge >= 0.3 is 0 Å². The highest BCUT2D eigenvalue weighted by atomic mass is 79.9. The lowest BCUT2D eigenvalue weighted by Crippen LogP contribution is -1.88. The van der Waals surface area contributed by atoms with E-state index in [1.807, 2.05) is 23.7 Å². The first kappa shape index (κ1) is 11.2. The third kappa shape index (κ3) is 2.26. The molecule has 0 aliphatic carbocycles. The molecule has 6 heteroatoms. The zero-order chi connectivity index (χ0) is 11.5. The quantitative estimate of drug-likeness (QED) is 0.854. The number of nitriles is 1. The largest absolute Gasteiger partial charge is 0.311 e. The average Bonchev–Trinajstić information content (AvgIpc) is 2.65. The Kier molecular flexibility index (Phi) is 3.27. The highest BCUT2D eigenvalue weighted by molar-refractivity contribution is 9.10. The lowest BCUT2D eigenvalue weighted by Gasteiger charge is -2.01. The lowest BCUT2D eigenvalue weighted by molar-refractivity contribution is 0.788. The van der Waals surface area contributed by atoms with Crippen LogP contribution in [0.25, 0.3) is 0 Å². The summed E-state index contributed by atoms with van der Waals surface area (Å²) in [4.78, 5) is 1.02. The van der Waals surface area contributed by atoms with Crippen LogP contribution in [0.5, 0.6) is 0 Å². The van der Waals surface area contributed by atoms with E-state index in [9.17, 15) is 0 Å². The maximum absolute atomic E-state index is 8.80. The molecule has 0 N–H and O–H groups in total. The summed E-state index contributed by atoms with van der Waals surface area (Å²) in [6.45, 7) is 0. The van der Waals surface area contributed by atoms with Gasteiger partial charge in [-0.15, -0.1) is 10.2 Å². The Hall–Kier alpha value is -1.32. The molecule has 0 saturated heterocycles. The number of nitrogens with zero attached hydrogens (tertiary/aromatic N) is 4. The van der Waals surface area contributed by atoms with Crippen LogP contribution in [-0.4, -0.2) is 14.8 Å². The first-order chi connectivity index (χ1) is 7.70. The predicted octanol–water partition coefficient (Wildman–Crippen LogP) is 2.60. The fourth-order valence-corrected chi connectivity index (χ4v) is 2.54. The van der Waals surface area contributed by atoms with E-state index in [0.29, 0.717) is 5.56 Å². The minimum atomic E-state index is 0.627. The van der Waals surface area contributed by atoms with Crippen molar-refractivity contribution in [3.63, 3.8) is 0 Å². The van der Waals surface area contributed by atoms with Gasteiger partial charge in [-0.3, -0.25) is 0 Å². The molecule has 2 aromatic rings. The van der Waals surface area contributed by atoms with Gasteiger partial charge in [0.15, 0.2) is 5.16 Å². The lowest BCUT2D eigenvalue weighted by atomic mass is 10.2. The van der Waals surface area contributed by atoms with Crippen LogP contribution in [-0.2, 0) is 7.05 Å². The Morgan fingerprint density at radius 2 is 2.31 bits per heavy atom. The summed E-state index contributed by atoms with van der Waals surface area (Å²) >= 11 is 4.86. The molecule has 16 heavy (non-hydrogen) atoms. The molecule has 0 radical (unpaired) electrons. The van der Waals surface area contributed by atoms with Crippen molar-refractivity contribution in [2.24, 2.45) is 7.05 Å². The molecular weight excluding hydrogens is 288 g/mol. The number of hydrogen-bond donors (Lipinski definition) is 0. The van der Waals surface area contributed by atoms with Crippen molar-refractivity contribution in [3.05, 3.63) is 34.6 Å². The molecule has 0 bridgehead atoms. The molecule has 0 atom stereocenters. The Bertz CT molecular complexity index is 558. The second-order valence-corrected chi connectivity index (χ2v) is 4.97. The normalized spacial score (nSPS) is 10.1. The van der Waals surface area contributed by atoms with Crippen molar-refractivity contribution < 1.29 is 0 Å². The number of benzene rings is 1. The van der Waals surface area contributed by atoms with Gasteiger partial charge in [0.2, 0.25) is 0 Å². The number of rotatable bonds is 2. The van der Waals surface area contributed by atoms with Crippen LogP contribution in [0.3, 0.4) is 0 Å². The van der Waals surface area contributed by atoms with E-state index in [1.165, 1.54) is 11.8 Å². The monoisotopic (exact) mass is 294 g/mol. The Labute approximate surface area is 105 Å². The van der Waals surface area contributed by atoms with Crippen molar-refractivity contribution in [1.29, 1.82) is 5.26 Å². The summed E-state index contributed by atoms with van der Waals surface area (Å²) in [6.07, 6.45) is 1.65. The van der Waals surface area contributed by atoms with Gasteiger partial charge in [0, 0.05) is 16.4 Å². The molecule has 1 aromatic carbocycles. The summed E-state index contributed by atoms with van der Waals surface area (Å²) in [5.74, 6) is 0. The van der Waals surface area contributed by atoms with E-state index < -0.39 is 0 Å². The molecule has 80 valence electrons. The molecule has 0 aliphatic rings. The van der Waals surface area contributed by atoms with Crippen molar-refractivity contribution in [1.82, 2.24) is 14.8 Å². The van der Waals surface area contributed by atoms with Crippen LogP contribution < -0.4 is 0 Å². The standard InChI is InChI=1S/C10H7BrN4S/c1-15-6-13-14-10(15)16-8-3-2-7(5-12)9(11)4-8/h2-4,6H,1H3. The molecule has 4 nitrogen and oxygen atoms in total. The van der Waals surface area contributed by atoms with E-state index in [-0.39, 0.29) is 0 Å². The van der Waals surface area contributed by atoms with Gasteiger partial charge in [0.05, 0.1) is 5.56 Å². The van der Waals surface area contributed by atoms with Crippen LogP contribution in [0, 0.1) is 11.3 Å². The van der Waals surface area contributed by atoms with Gasteiger partial charge in [-0.1, -0.05) is 0 Å². The summed E-state index contributed by atoms with van der Waals surface area (Å²) in [7, 11) is 1.89. The Balaban J connectivity index is 2.27. The van der Waals surface area contributed by atoms with Gasteiger partial charge in [-0.2, -0.15) is 5.26 Å². The first-order valence-electron chi connectivity index (χ1n) is 4.42. The third-order valence-corrected chi connectivity index (χ3v) is 3.64. The number of halogens is 1. The fraction of sp³-hybridized carbons (Fsp3) is 0.100. The maximum atomic E-state index is 8.80. The van der Waals surface area contributed by atoms with E-state index in [2.05, 4.69) is 32.2 Å². The number of aromatic nitrogens is 3. The maximum Gasteiger partial charge on any atom is 0.195 e. The second-order valence-electron chi connectivity index (χ2n) is 3.08. The van der Waals surface area contributed by atoms with Crippen LogP contribution in [0.1, 0.15) is 5.56 Å². The zero-order valence-corrected chi connectivity index (χ0v) is 10.8. The molecule has 0 saturated carbocycles. The van der Waals surface area contributed by atoms with Gasteiger partial charge in [0.25, 0.3) is 0 Å². The van der Waals surface area contributed by atoms with Crippen LogP contribution in [0.15, 0.2) is 39.1 Å². The molecule has 1 heterocycles. The van der Waals surface area contributed by atoms with E-state index >= 15 is 0 Å². The summed E-state index contributed by atoms with van der Waals surface area (Å²) in [6, 6.07) is 7.68.